The lowest BCUT2D eigenvalue weighted by Crippen LogP contribution is -1.91. The lowest BCUT2D eigenvalue weighted by Gasteiger charge is -1.79. The molecule has 0 bridgehead atoms. The van der Waals surface area contributed by atoms with Crippen LogP contribution in [0.5, 0.6) is 0 Å². The molecule has 0 amide bonds. The van der Waals surface area contributed by atoms with Crippen LogP contribution < -0.4 is 0 Å². The Balaban J connectivity index is -0.0000000351. The molecule has 188 valence electrons. The molecule has 0 fully saturated rings. The van der Waals surface area contributed by atoms with Crippen molar-refractivity contribution in [2.45, 2.75) is 114 Å². The molecule has 2 aromatic rings. The first-order valence-electron chi connectivity index (χ1n) is 8.55. The number of aromatic nitrogens is 6. The summed E-state index contributed by atoms with van der Waals surface area (Å²) >= 11 is 0. The number of hydrogen-bond acceptors (Lipinski definition) is 4. The number of nitrogens with zero attached hydrogens (tertiary/aromatic N) is 6. The quantitative estimate of drug-likeness (QED) is 0.421. The Kier molecular flexibility index (Phi) is 46.5. The largest absolute Gasteiger partial charge is 0.188 e. The maximum Gasteiger partial charge on any atom is 0.0825 e. The van der Waals surface area contributed by atoms with Crippen molar-refractivity contribution in [1.82, 2.24) is 30.0 Å². The standard InChI is InChI=1S/2C5H9N3.2C4H10.6CH4/c2*1-4-5(2)7-8(3)6-4;2*1-4(2)3;;;;;;/h2*1-3H3;2*4H,1-3H3;6*1H4. The van der Waals surface area contributed by atoms with Gasteiger partial charge in [0.15, 0.2) is 0 Å². The molecule has 0 aliphatic rings. The van der Waals surface area contributed by atoms with Gasteiger partial charge in [-0.25, -0.2) is 0 Å². The molecule has 0 aliphatic heterocycles. The van der Waals surface area contributed by atoms with E-state index in [0.29, 0.717) is 0 Å². The smallest absolute Gasteiger partial charge is 0.0825 e. The van der Waals surface area contributed by atoms with Gasteiger partial charge in [-0.05, 0) is 39.5 Å². The van der Waals surface area contributed by atoms with Gasteiger partial charge in [0.2, 0.25) is 0 Å². The first-order chi connectivity index (χ1) is 10.9. The van der Waals surface area contributed by atoms with Crippen LogP contribution in [0, 0.1) is 39.5 Å². The Bertz CT molecular complexity index is 459. The highest BCUT2D eigenvalue weighted by Crippen LogP contribution is 1.95. The highest BCUT2D eigenvalue weighted by Gasteiger charge is 1.95. The summed E-state index contributed by atoms with van der Waals surface area (Å²) < 4.78 is 0. The topological polar surface area (TPSA) is 61.4 Å². The molecule has 0 saturated heterocycles. The molecule has 0 aromatic carbocycles. The highest BCUT2D eigenvalue weighted by molar-refractivity contribution is 5.02. The molecule has 0 radical (unpaired) electrons. The lowest BCUT2D eigenvalue weighted by molar-refractivity contribution is 0.645. The predicted molar refractivity (Wildman–Crippen MR) is 142 cm³/mol. The highest BCUT2D eigenvalue weighted by atomic mass is 15.5. The van der Waals surface area contributed by atoms with Gasteiger partial charge in [-0.2, -0.15) is 30.0 Å². The summed E-state index contributed by atoms with van der Waals surface area (Å²) in [5.74, 6) is 1.67. The van der Waals surface area contributed by atoms with Gasteiger partial charge in [-0.3, -0.25) is 0 Å². The van der Waals surface area contributed by atoms with Crippen molar-refractivity contribution in [2.75, 3.05) is 0 Å². The summed E-state index contributed by atoms with van der Waals surface area (Å²) in [7, 11) is 3.64. The van der Waals surface area contributed by atoms with Gasteiger partial charge in [0, 0.05) is 14.1 Å². The Morgan fingerprint density at radius 3 is 0.567 bits per heavy atom. The van der Waals surface area contributed by atoms with Gasteiger partial charge >= 0.3 is 0 Å². The van der Waals surface area contributed by atoms with Crippen molar-refractivity contribution in [3.8, 4) is 0 Å². The normalized spacial score (nSPS) is 7.67. The summed E-state index contributed by atoms with van der Waals surface area (Å²) in [5, 5.41) is 16.1. The minimum atomic E-state index is 0. The summed E-state index contributed by atoms with van der Waals surface area (Å²) in [6, 6.07) is 0. The molecule has 30 heavy (non-hydrogen) atoms. The van der Waals surface area contributed by atoms with E-state index in [9.17, 15) is 0 Å². The molecule has 6 nitrogen and oxygen atoms in total. The molecule has 0 N–H and O–H groups in total. The third kappa shape index (κ3) is 33.8. The van der Waals surface area contributed by atoms with Crippen molar-refractivity contribution in [2.24, 2.45) is 25.9 Å². The van der Waals surface area contributed by atoms with Gasteiger partial charge in [0.05, 0.1) is 22.8 Å². The Morgan fingerprint density at radius 2 is 0.533 bits per heavy atom. The zero-order valence-corrected chi connectivity index (χ0v) is 17.8. The summed E-state index contributed by atoms with van der Waals surface area (Å²) in [5.41, 5.74) is 4.03. The zero-order valence-electron chi connectivity index (χ0n) is 17.8. The summed E-state index contributed by atoms with van der Waals surface area (Å²) in [6.45, 7) is 20.8. The number of aryl methyl sites for hydroxylation is 6. The van der Waals surface area contributed by atoms with Crippen LogP contribution in [0.1, 0.15) is 109 Å². The van der Waals surface area contributed by atoms with E-state index in [1.807, 2.05) is 41.8 Å². The Labute approximate surface area is 192 Å². The number of rotatable bonds is 0. The third-order valence-corrected chi connectivity index (χ3v) is 2.23. The van der Waals surface area contributed by atoms with Crippen LogP contribution in [0.3, 0.4) is 0 Å². The Morgan fingerprint density at radius 1 is 0.433 bits per heavy atom. The van der Waals surface area contributed by atoms with Crippen LogP contribution in [0.15, 0.2) is 0 Å². The lowest BCUT2D eigenvalue weighted by atomic mass is 10.3. The molecule has 0 atom stereocenters. The van der Waals surface area contributed by atoms with Crippen LogP contribution in [0.4, 0.5) is 0 Å². The van der Waals surface area contributed by atoms with E-state index in [1.165, 1.54) is 0 Å². The van der Waals surface area contributed by atoms with Crippen molar-refractivity contribution < 1.29 is 0 Å². The minimum Gasteiger partial charge on any atom is -0.188 e. The molecule has 0 aliphatic carbocycles. The van der Waals surface area contributed by atoms with Gasteiger partial charge in [0.1, 0.15) is 0 Å². The monoisotopic (exact) mass is 435 g/mol. The van der Waals surface area contributed by atoms with Crippen LogP contribution in [-0.2, 0) is 14.1 Å². The van der Waals surface area contributed by atoms with E-state index in [-0.39, 0.29) is 44.6 Å². The minimum absolute atomic E-state index is 0. The zero-order chi connectivity index (χ0) is 19.4. The molecule has 2 aromatic heterocycles. The molecular formula is C24H62N6. The average Bonchev–Trinajstić information content (AvgIpc) is 2.80. The molecule has 2 heterocycles. The summed E-state index contributed by atoms with van der Waals surface area (Å²) in [4.78, 5) is 3.15. The van der Waals surface area contributed by atoms with E-state index >= 15 is 0 Å². The first-order valence-corrected chi connectivity index (χ1v) is 8.55. The second-order valence-electron chi connectivity index (χ2n) is 7.18. The van der Waals surface area contributed by atoms with Crippen LogP contribution in [0.25, 0.3) is 0 Å². The molecule has 0 unspecified atom stereocenters. The average molecular weight is 435 g/mol. The second kappa shape index (κ2) is 27.3. The fourth-order valence-corrected chi connectivity index (χ4v) is 1.20. The Hall–Kier alpha value is -1.72. The van der Waals surface area contributed by atoms with E-state index in [0.717, 1.165) is 34.6 Å². The molecule has 6 heteroatoms. The predicted octanol–water partition coefficient (Wildman–Crippen LogP) is 8.01. The maximum atomic E-state index is 4.02. The third-order valence-electron chi connectivity index (χ3n) is 2.23. The van der Waals surface area contributed by atoms with Crippen LogP contribution in [-0.4, -0.2) is 30.0 Å². The molecule has 0 saturated carbocycles. The van der Waals surface area contributed by atoms with E-state index in [2.05, 4.69) is 61.9 Å². The van der Waals surface area contributed by atoms with Crippen LogP contribution in [0.2, 0.25) is 0 Å². The van der Waals surface area contributed by atoms with Gasteiger partial charge in [0.25, 0.3) is 0 Å². The molecular weight excluding hydrogens is 372 g/mol. The van der Waals surface area contributed by atoms with Gasteiger partial charge in [-0.15, -0.1) is 0 Å². The summed E-state index contributed by atoms with van der Waals surface area (Å²) in [6.07, 6.45) is 0. The van der Waals surface area contributed by atoms with E-state index in [1.54, 1.807) is 9.59 Å². The maximum absolute atomic E-state index is 4.02. The molecule has 0 spiro atoms. The van der Waals surface area contributed by atoms with Crippen molar-refractivity contribution in [3.63, 3.8) is 0 Å². The van der Waals surface area contributed by atoms with Crippen molar-refractivity contribution in [3.05, 3.63) is 22.8 Å². The fourth-order valence-electron chi connectivity index (χ4n) is 1.20. The van der Waals surface area contributed by atoms with Crippen molar-refractivity contribution >= 4 is 0 Å². The van der Waals surface area contributed by atoms with Gasteiger partial charge in [-0.1, -0.05) is 86.1 Å². The number of hydrogen-bond donors (Lipinski definition) is 0. The van der Waals surface area contributed by atoms with Gasteiger partial charge < -0.3 is 0 Å². The van der Waals surface area contributed by atoms with E-state index in [4.69, 9.17) is 0 Å². The van der Waals surface area contributed by atoms with E-state index < -0.39 is 0 Å². The first kappa shape index (κ1) is 51.2. The second-order valence-corrected chi connectivity index (χ2v) is 7.18. The molecule has 2 rings (SSSR count). The fraction of sp³-hybridized carbons (Fsp3) is 0.833. The SMILES string of the molecule is C.C.C.C.C.C.CC(C)C.CC(C)C.Cc1nn(C)nc1C.Cc1nn(C)nc1C. The van der Waals surface area contributed by atoms with Crippen LogP contribution >= 0.6 is 0 Å². The van der Waals surface area contributed by atoms with Crippen molar-refractivity contribution in [1.29, 1.82) is 0 Å².